The molecule has 0 saturated carbocycles. The van der Waals surface area contributed by atoms with Gasteiger partial charge < -0.3 is 18.8 Å². The smallest absolute Gasteiger partial charge is 0.289 e. The number of fused-ring (bicyclic) bond motifs is 2. The van der Waals surface area contributed by atoms with Crippen LogP contribution in [0.2, 0.25) is 0 Å². The number of hydrogen-bond acceptors (Lipinski definition) is 3. The average molecular weight is 428 g/mol. The maximum absolute atomic E-state index is 13.1. The molecule has 0 N–H and O–H groups in total. The van der Waals surface area contributed by atoms with E-state index in [-0.39, 0.29) is 11.8 Å². The number of benzene rings is 2. The second-order valence-electron chi connectivity index (χ2n) is 8.40. The van der Waals surface area contributed by atoms with Crippen LogP contribution < -0.4 is 0 Å². The Balaban J connectivity index is 1.34. The second-order valence-corrected chi connectivity index (χ2v) is 8.40. The standard InChI is InChI=1S/C26H25N3O3/c1-27(2)26(31)24-15-21-14-19(9-10-23(21)32-24)20-7-5-12-29(16-20)25(30)17-28-13-11-18-6-3-4-8-22(18)28/h3-4,6-11,13-15H,5,12,16-17H2,1-2H3. The van der Waals surface area contributed by atoms with Crippen molar-refractivity contribution in [3.63, 3.8) is 0 Å². The maximum atomic E-state index is 13.1. The van der Waals surface area contributed by atoms with Crippen molar-refractivity contribution in [1.82, 2.24) is 14.4 Å². The van der Waals surface area contributed by atoms with E-state index in [1.165, 1.54) is 4.90 Å². The number of para-hydroxylation sites is 1. The van der Waals surface area contributed by atoms with Gasteiger partial charge in [-0.1, -0.05) is 30.3 Å². The molecule has 162 valence electrons. The third kappa shape index (κ3) is 3.68. The number of carbonyl (C=O) groups is 2. The number of carbonyl (C=O) groups excluding carboxylic acids is 2. The Morgan fingerprint density at radius 3 is 2.72 bits per heavy atom. The Labute approximate surface area is 186 Å². The van der Waals surface area contributed by atoms with Gasteiger partial charge in [-0.2, -0.15) is 0 Å². The van der Waals surface area contributed by atoms with Crippen LogP contribution in [0.3, 0.4) is 0 Å². The van der Waals surface area contributed by atoms with Crippen molar-refractivity contribution in [2.45, 2.75) is 13.0 Å². The highest BCUT2D eigenvalue weighted by molar-refractivity contribution is 5.96. The van der Waals surface area contributed by atoms with Gasteiger partial charge in [0.25, 0.3) is 5.91 Å². The van der Waals surface area contributed by atoms with Crippen molar-refractivity contribution in [2.24, 2.45) is 0 Å². The van der Waals surface area contributed by atoms with Crippen LogP contribution in [0.4, 0.5) is 0 Å². The minimum Gasteiger partial charge on any atom is -0.451 e. The molecule has 6 heteroatoms. The van der Waals surface area contributed by atoms with Gasteiger partial charge >= 0.3 is 0 Å². The summed E-state index contributed by atoms with van der Waals surface area (Å²) in [5.41, 5.74) is 3.92. The summed E-state index contributed by atoms with van der Waals surface area (Å²) < 4.78 is 7.72. The van der Waals surface area contributed by atoms with E-state index in [0.717, 1.165) is 40.4 Å². The van der Waals surface area contributed by atoms with Gasteiger partial charge in [-0.05, 0) is 53.3 Å². The molecule has 0 radical (unpaired) electrons. The molecule has 0 aliphatic carbocycles. The lowest BCUT2D eigenvalue weighted by molar-refractivity contribution is -0.131. The molecule has 0 bridgehead atoms. The summed E-state index contributed by atoms with van der Waals surface area (Å²) in [6.07, 6.45) is 4.99. The molecule has 0 fully saturated rings. The molecule has 1 aliphatic rings. The lowest BCUT2D eigenvalue weighted by Gasteiger charge is -2.28. The highest BCUT2D eigenvalue weighted by Crippen LogP contribution is 2.27. The third-order valence-corrected chi connectivity index (χ3v) is 5.99. The summed E-state index contributed by atoms with van der Waals surface area (Å²) in [6, 6.07) is 17.8. The van der Waals surface area contributed by atoms with Crippen LogP contribution in [0, 0.1) is 0 Å². The second kappa shape index (κ2) is 8.04. The normalized spacial score (nSPS) is 14.1. The first kappa shape index (κ1) is 20.1. The zero-order valence-corrected chi connectivity index (χ0v) is 18.2. The minimum absolute atomic E-state index is 0.111. The molecule has 2 aromatic carbocycles. The Kier molecular flexibility index (Phi) is 5.05. The van der Waals surface area contributed by atoms with Crippen LogP contribution >= 0.6 is 0 Å². The molecule has 2 aromatic heterocycles. The molecule has 4 aromatic rings. The van der Waals surface area contributed by atoms with Crippen molar-refractivity contribution in [2.75, 3.05) is 27.2 Å². The van der Waals surface area contributed by atoms with Gasteiger partial charge in [0.2, 0.25) is 5.91 Å². The molecule has 6 nitrogen and oxygen atoms in total. The monoisotopic (exact) mass is 427 g/mol. The van der Waals surface area contributed by atoms with Crippen molar-refractivity contribution >= 4 is 39.3 Å². The van der Waals surface area contributed by atoms with Crippen molar-refractivity contribution < 1.29 is 14.0 Å². The van der Waals surface area contributed by atoms with Crippen LogP contribution in [0.5, 0.6) is 0 Å². The van der Waals surface area contributed by atoms with Crippen molar-refractivity contribution in [1.29, 1.82) is 0 Å². The number of nitrogens with zero attached hydrogens (tertiary/aromatic N) is 3. The van der Waals surface area contributed by atoms with E-state index in [9.17, 15) is 9.59 Å². The van der Waals surface area contributed by atoms with E-state index in [0.29, 0.717) is 24.4 Å². The molecule has 5 rings (SSSR count). The molecule has 0 spiro atoms. The molecule has 32 heavy (non-hydrogen) atoms. The van der Waals surface area contributed by atoms with E-state index < -0.39 is 0 Å². The molecule has 3 heterocycles. The summed E-state index contributed by atoms with van der Waals surface area (Å²) in [7, 11) is 3.41. The van der Waals surface area contributed by atoms with E-state index in [2.05, 4.69) is 12.1 Å². The number of hydrogen-bond donors (Lipinski definition) is 0. The number of amides is 2. The van der Waals surface area contributed by atoms with Crippen molar-refractivity contribution in [3.8, 4) is 0 Å². The summed E-state index contributed by atoms with van der Waals surface area (Å²) >= 11 is 0. The molecular formula is C26H25N3O3. The first-order valence-electron chi connectivity index (χ1n) is 10.8. The fraction of sp³-hybridized carbons (Fsp3) is 0.231. The molecule has 2 amide bonds. The SMILES string of the molecule is CN(C)C(=O)c1cc2cc(C3=CCCN(C(=O)Cn4ccc5ccccc54)C3)ccc2o1. The first-order chi connectivity index (χ1) is 15.5. The summed E-state index contributed by atoms with van der Waals surface area (Å²) in [5, 5.41) is 2.02. The Morgan fingerprint density at radius 1 is 1.03 bits per heavy atom. The van der Waals surface area contributed by atoms with E-state index in [1.54, 1.807) is 20.2 Å². The highest BCUT2D eigenvalue weighted by Gasteiger charge is 2.21. The number of rotatable bonds is 4. The molecule has 0 unspecified atom stereocenters. The lowest BCUT2D eigenvalue weighted by atomic mass is 10.00. The first-order valence-corrected chi connectivity index (χ1v) is 10.8. The van der Waals surface area contributed by atoms with Crippen LogP contribution in [0.1, 0.15) is 22.5 Å². The fourth-order valence-corrected chi connectivity index (χ4v) is 4.26. The van der Waals surface area contributed by atoms with Crippen molar-refractivity contribution in [3.05, 3.63) is 78.2 Å². The quantitative estimate of drug-likeness (QED) is 0.485. The van der Waals surface area contributed by atoms with E-state index in [4.69, 9.17) is 4.42 Å². The maximum Gasteiger partial charge on any atom is 0.289 e. The highest BCUT2D eigenvalue weighted by atomic mass is 16.3. The zero-order chi connectivity index (χ0) is 22.2. The fourth-order valence-electron chi connectivity index (χ4n) is 4.26. The average Bonchev–Trinajstić information content (AvgIpc) is 3.42. The van der Waals surface area contributed by atoms with Gasteiger partial charge in [0, 0.05) is 44.3 Å². The van der Waals surface area contributed by atoms with Crippen LogP contribution in [-0.2, 0) is 11.3 Å². The van der Waals surface area contributed by atoms with E-state index >= 15 is 0 Å². The van der Waals surface area contributed by atoms with Crippen LogP contribution in [-0.4, -0.2) is 53.4 Å². The zero-order valence-electron chi connectivity index (χ0n) is 18.2. The largest absolute Gasteiger partial charge is 0.451 e. The predicted molar refractivity (Wildman–Crippen MR) is 125 cm³/mol. The lowest BCUT2D eigenvalue weighted by Crippen LogP contribution is -2.37. The van der Waals surface area contributed by atoms with Gasteiger partial charge in [-0.15, -0.1) is 0 Å². The Bertz CT molecular complexity index is 1360. The van der Waals surface area contributed by atoms with Crippen LogP contribution in [0.25, 0.3) is 27.4 Å². The Hall–Kier alpha value is -3.80. The third-order valence-electron chi connectivity index (χ3n) is 5.99. The van der Waals surface area contributed by atoms with Gasteiger partial charge in [0.05, 0.1) is 0 Å². The van der Waals surface area contributed by atoms with Gasteiger partial charge in [0.15, 0.2) is 5.76 Å². The topological polar surface area (TPSA) is 58.7 Å². The number of aromatic nitrogens is 1. The summed E-state index contributed by atoms with van der Waals surface area (Å²) in [4.78, 5) is 28.7. The van der Waals surface area contributed by atoms with E-state index in [1.807, 2.05) is 58.1 Å². The van der Waals surface area contributed by atoms with Gasteiger partial charge in [0.1, 0.15) is 12.1 Å². The Morgan fingerprint density at radius 2 is 1.88 bits per heavy atom. The molecular weight excluding hydrogens is 402 g/mol. The summed E-state index contributed by atoms with van der Waals surface area (Å²) in [5.74, 6) is 0.282. The van der Waals surface area contributed by atoms with Gasteiger partial charge in [-0.3, -0.25) is 9.59 Å². The van der Waals surface area contributed by atoms with Crippen LogP contribution in [0.15, 0.2) is 71.3 Å². The molecule has 1 aliphatic heterocycles. The minimum atomic E-state index is -0.158. The molecule has 0 atom stereocenters. The summed E-state index contributed by atoms with van der Waals surface area (Å²) in [6.45, 7) is 1.62. The molecule has 0 saturated heterocycles. The van der Waals surface area contributed by atoms with Gasteiger partial charge in [-0.25, -0.2) is 0 Å². The predicted octanol–water partition coefficient (Wildman–Crippen LogP) is 4.41. The number of furan rings is 1.